The molecule has 1 aromatic rings. The second kappa shape index (κ2) is 7.02. The minimum Gasteiger partial charge on any atom is -0.325 e. The molecule has 0 radical (unpaired) electrons. The van der Waals surface area contributed by atoms with E-state index in [1.807, 2.05) is 0 Å². The van der Waals surface area contributed by atoms with Gasteiger partial charge in [-0.2, -0.15) is 13.2 Å². The van der Waals surface area contributed by atoms with E-state index in [9.17, 15) is 18.0 Å². The highest BCUT2D eigenvalue weighted by atomic mass is 32.2. The molecule has 1 atom stereocenters. The van der Waals surface area contributed by atoms with Gasteiger partial charge in [0.1, 0.15) is 0 Å². The summed E-state index contributed by atoms with van der Waals surface area (Å²) < 4.78 is 37.2. The Kier molecular flexibility index (Phi) is 5.92. The van der Waals surface area contributed by atoms with Crippen molar-refractivity contribution in [3.8, 4) is 0 Å². The number of carbonyl (C=O) groups excluding carboxylic acids is 1. The molecular formula is C14H18F3NOS. The maximum absolute atomic E-state index is 12.4. The summed E-state index contributed by atoms with van der Waals surface area (Å²) >= 11 is 1.53. The van der Waals surface area contributed by atoms with E-state index in [-0.39, 0.29) is 11.2 Å². The molecule has 2 nitrogen and oxygen atoms in total. The molecule has 1 N–H and O–H groups in total. The van der Waals surface area contributed by atoms with Crippen molar-refractivity contribution in [1.29, 1.82) is 0 Å². The number of nitrogens with one attached hydrogen (secondary N) is 1. The molecule has 0 aliphatic heterocycles. The van der Waals surface area contributed by atoms with Crippen molar-refractivity contribution in [2.45, 2.75) is 32.2 Å². The van der Waals surface area contributed by atoms with Gasteiger partial charge in [0.2, 0.25) is 5.91 Å². The molecule has 0 aromatic heterocycles. The fraction of sp³-hybridized carbons (Fsp3) is 0.500. The molecule has 0 saturated carbocycles. The molecule has 1 rings (SSSR count). The van der Waals surface area contributed by atoms with Crippen LogP contribution in [0.4, 0.5) is 18.9 Å². The molecule has 6 heteroatoms. The molecule has 0 aliphatic carbocycles. The lowest BCUT2D eigenvalue weighted by Crippen LogP contribution is -2.23. The smallest absolute Gasteiger partial charge is 0.325 e. The van der Waals surface area contributed by atoms with Crippen molar-refractivity contribution >= 4 is 23.4 Å². The van der Waals surface area contributed by atoms with Crippen molar-refractivity contribution in [2.75, 3.05) is 11.1 Å². The number of hydrogen-bond acceptors (Lipinski definition) is 2. The van der Waals surface area contributed by atoms with Gasteiger partial charge in [0, 0.05) is 5.69 Å². The van der Waals surface area contributed by atoms with Gasteiger partial charge < -0.3 is 5.32 Å². The molecule has 1 aromatic carbocycles. The van der Waals surface area contributed by atoms with E-state index in [0.717, 1.165) is 17.9 Å². The Morgan fingerprint density at radius 3 is 2.20 bits per heavy atom. The van der Waals surface area contributed by atoms with Crippen LogP contribution in [-0.4, -0.2) is 16.9 Å². The topological polar surface area (TPSA) is 29.1 Å². The number of rotatable bonds is 5. The summed E-state index contributed by atoms with van der Waals surface area (Å²) in [5, 5.41) is 2.38. The number of hydrogen-bond donors (Lipinski definition) is 1. The number of carbonyl (C=O) groups is 1. The maximum Gasteiger partial charge on any atom is 0.416 e. The van der Waals surface area contributed by atoms with E-state index >= 15 is 0 Å². The van der Waals surface area contributed by atoms with Crippen molar-refractivity contribution in [2.24, 2.45) is 5.92 Å². The summed E-state index contributed by atoms with van der Waals surface area (Å²) in [7, 11) is 0. The summed E-state index contributed by atoms with van der Waals surface area (Å²) in [5.74, 6) is 1.15. The van der Waals surface area contributed by atoms with Gasteiger partial charge in [-0.15, -0.1) is 11.8 Å². The van der Waals surface area contributed by atoms with Gasteiger partial charge in [-0.1, -0.05) is 13.8 Å². The number of benzene rings is 1. The zero-order valence-electron chi connectivity index (χ0n) is 11.6. The third-order valence-corrected chi connectivity index (χ3v) is 4.10. The normalized spacial score (nSPS) is 13.3. The number of anilines is 1. The fourth-order valence-corrected chi connectivity index (χ4v) is 2.28. The highest BCUT2D eigenvalue weighted by molar-refractivity contribution is 8.00. The lowest BCUT2D eigenvalue weighted by Gasteiger charge is -2.14. The molecule has 20 heavy (non-hydrogen) atoms. The van der Waals surface area contributed by atoms with Gasteiger partial charge in [0.25, 0.3) is 0 Å². The summed E-state index contributed by atoms with van der Waals surface area (Å²) in [6, 6.07) is 4.45. The van der Waals surface area contributed by atoms with E-state index in [4.69, 9.17) is 0 Å². The first kappa shape index (κ1) is 16.9. The third kappa shape index (κ3) is 5.45. The molecule has 112 valence electrons. The Morgan fingerprint density at radius 2 is 1.75 bits per heavy atom. The van der Waals surface area contributed by atoms with Gasteiger partial charge in [-0.25, -0.2) is 0 Å². The second-order valence-corrected chi connectivity index (χ2v) is 6.31. The Balaban J connectivity index is 2.58. The second-order valence-electron chi connectivity index (χ2n) is 4.93. The van der Waals surface area contributed by atoms with Gasteiger partial charge in [0.05, 0.1) is 10.8 Å². The minimum absolute atomic E-state index is 0.199. The number of amides is 1. The van der Waals surface area contributed by atoms with Crippen molar-refractivity contribution in [3.05, 3.63) is 29.8 Å². The van der Waals surface area contributed by atoms with Crippen LogP contribution < -0.4 is 5.32 Å². The molecule has 1 amide bonds. The summed E-state index contributed by atoms with van der Waals surface area (Å²) in [6.45, 7) is 5.91. The molecule has 0 aliphatic rings. The SMILES string of the molecule is CC(C)CSC(C)C(=O)Nc1ccc(C(F)(F)F)cc1. The molecule has 0 saturated heterocycles. The van der Waals surface area contributed by atoms with Crippen LogP contribution in [0.1, 0.15) is 26.3 Å². The zero-order valence-corrected chi connectivity index (χ0v) is 12.4. The van der Waals surface area contributed by atoms with E-state index in [1.54, 1.807) is 6.92 Å². The van der Waals surface area contributed by atoms with E-state index in [1.165, 1.54) is 23.9 Å². The summed E-state index contributed by atoms with van der Waals surface area (Å²) in [4.78, 5) is 11.9. The number of halogens is 3. The summed E-state index contributed by atoms with van der Waals surface area (Å²) in [5.41, 5.74) is -0.349. The first-order chi connectivity index (χ1) is 9.20. The Morgan fingerprint density at radius 1 is 1.20 bits per heavy atom. The highest BCUT2D eigenvalue weighted by Gasteiger charge is 2.30. The van der Waals surface area contributed by atoms with Crippen LogP contribution in [-0.2, 0) is 11.0 Å². The van der Waals surface area contributed by atoms with Crippen LogP contribution in [0.25, 0.3) is 0 Å². The average molecular weight is 305 g/mol. The van der Waals surface area contributed by atoms with Gasteiger partial charge in [0.15, 0.2) is 0 Å². The third-order valence-electron chi connectivity index (χ3n) is 2.53. The predicted octanol–water partition coefficient (Wildman–Crippen LogP) is 4.42. The van der Waals surface area contributed by atoms with E-state index < -0.39 is 11.7 Å². The van der Waals surface area contributed by atoms with Crippen molar-refractivity contribution in [1.82, 2.24) is 0 Å². The Labute approximate surface area is 121 Å². The fourth-order valence-electron chi connectivity index (χ4n) is 1.40. The van der Waals surface area contributed by atoms with Crippen LogP contribution in [0.2, 0.25) is 0 Å². The van der Waals surface area contributed by atoms with E-state index in [2.05, 4.69) is 19.2 Å². The van der Waals surface area contributed by atoms with Crippen molar-refractivity contribution < 1.29 is 18.0 Å². The quantitative estimate of drug-likeness (QED) is 0.872. The Hall–Kier alpha value is -1.17. The maximum atomic E-state index is 12.4. The number of thioether (sulfide) groups is 1. The summed E-state index contributed by atoms with van der Waals surface area (Å²) in [6.07, 6.45) is -4.36. The standard InChI is InChI=1S/C14H18F3NOS/c1-9(2)8-20-10(3)13(19)18-12-6-4-11(5-7-12)14(15,16)17/h4-7,9-10H,8H2,1-3H3,(H,18,19). The molecule has 0 heterocycles. The van der Waals surface area contributed by atoms with Crippen LogP contribution >= 0.6 is 11.8 Å². The molecule has 0 spiro atoms. The van der Waals surface area contributed by atoms with Crippen LogP contribution in [0.3, 0.4) is 0 Å². The van der Waals surface area contributed by atoms with Crippen molar-refractivity contribution in [3.63, 3.8) is 0 Å². The predicted molar refractivity (Wildman–Crippen MR) is 76.8 cm³/mol. The number of alkyl halides is 3. The van der Waals surface area contributed by atoms with Gasteiger partial charge in [-0.05, 0) is 42.9 Å². The molecule has 1 unspecified atom stereocenters. The lowest BCUT2D eigenvalue weighted by molar-refractivity contribution is -0.137. The molecule has 0 fully saturated rings. The van der Waals surface area contributed by atoms with Gasteiger partial charge in [-0.3, -0.25) is 4.79 Å². The van der Waals surface area contributed by atoms with E-state index in [0.29, 0.717) is 11.6 Å². The first-order valence-corrected chi connectivity index (χ1v) is 7.34. The van der Waals surface area contributed by atoms with Crippen LogP contribution in [0, 0.1) is 5.92 Å². The highest BCUT2D eigenvalue weighted by Crippen LogP contribution is 2.29. The molecule has 0 bridgehead atoms. The Bertz CT molecular complexity index is 443. The lowest BCUT2D eigenvalue weighted by atomic mass is 10.2. The largest absolute Gasteiger partial charge is 0.416 e. The molecular weight excluding hydrogens is 287 g/mol. The first-order valence-electron chi connectivity index (χ1n) is 6.30. The average Bonchev–Trinajstić information content (AvgIpc) is 2.35. The monoisotopic (exact) mass is 305 g/mol. The van der Waals surface area contributed by atoms with Crippen LogP contribution in [0.5, 0.6) is 0 Å². The zero-order chi connectivity index (χ0) is 15.3. The van der Waals surface area contributed by atoms with Crippen LogP contribution in [0.15, 0.2) is 24.3 Å². The minimum atomic E-state index is -4.36. The van der Waals surface area contributed by atoms with Gasteiger partial charge >= 0.3 is 6.18 Å².